The Balaban J connectivity index is 1.43. The monoisotopic (exact) mass is 400 g/mol. The molecule has 154 valence electrons. The smallest absolute Gasteiger partial charge is 0.224 e. The molecule has 1 aliphatic rings. The van der Waals surface area contributed by atoms with Crippen LogP contribution in [0, 0.1) is 5.92 Å². The summed E-state index contributed by atoms with van der Waals surface area (Å²) >= 11 is 0. The maximum Gasteiger partial charge on any atom is 0.224 e. The standard InChI is InChI=1S/C19H24N6O4/c1-11-15(26)13(8-27-10-28-12-6-4-3-5-7-12)29-18(11)25-9-22-14-16(21-2)23-19(20)24-17(14)25/h3-7,9,11,13,15,18,26H,8,10H2,1-2H3,(H3,20,21,23,24)/t11-,13+,15-,18+/m0/s1. The van der Waals surface area contributed by atoms with Gasteiger partial charge in [0.15, 0.2) is 23.8 Å². The Morgan fingerprint density at radius 3 is 2.83 bits per heavy atom. The number of benzene rings is 1. The molecule has 4 N–H and O–H groups in total. The van der Waals surface area contributed by atoms with Crippen molar-refractivity contribution in [1.82, 2.24) is 19.5 Å². The van der Waals surface area contributed by atoms with Gasteiger partial charge in [0.25, 0.3) is 0 Å². The van der Waals surface area contributed by atoms with E-state index in [0.29, 0.717) is 22.7 Å². The van der Waals surface area contributed by atoms with E-state index >= 15 is 0 Å². The summed E-state index contributed by atoms with van der Waals surface area (Å²) in [6.07, 6.45) is -0.0560. The third-order valence-electron chi connectivity index (χ3n) is 4.97. The lowest BCUT2D eigenvalue weighted by Crippen LogP contribution is -2.30. The number of para-hydroxylation sites is 1. The summed E-state index contributed by atoms with van der Waals surface area (Å²) in [5.41, 5.74) is 6.95. The second-order valence-corrected chi connectivity index (χ2v) is 6.87. The second kappa shape index (κ2) is 8.19. The van der Waals surface area contributed by atoms with Crippen LogP contribution in [0.15, 0.2) is 36.7 Å². The van der Waals surface area contributed by atoms with E-state index in [2.05, 4.69) is 20.3 Å². The van der Waals surface area contributed by atoms with Gasteiger partial charge in [-0.15, -0.1) is 0 Å². The van der Waals surface area contributed by atoms with Gasteiger partial charge in [-0.3, -0.25) is 4.57 Å². The minimum Gasteiger partial charge on any atom is -0.468 e. The van der Waals surface area contributed by atoms with Crippen molar-refractivity contribution in [3.8, 4) is 5.75 Å². The van der Waals surface area contributed by atoms with Crippen LogP contribution in [0.1, 0.15) is 13.2 Å². The van der Waals surface area contributed by atoms with Crippen LogP contribution in [0.4, 0.5) is 11.8 Å². The normalized spacial score (nSPS) is 24.1. The number of nitrogen functional groups attached to an aromatic ring is 1. The minimum atomic E-state index is -0.711. The molecular formula is C19H24N6O4. The number of hydrogen-bond donors (Lipinski definition) is 3. The summed E-state index contributed by atoms with van der Waals surface area (Å²) in [5, 5.41) is 13.6. The molecule has 4 atom stereocenters. The van der Waals surface area contributed by atoms with E-state index in [-0.39, 0.29) is 25.3 Å². The molecule has 2 aromatic heterocycles. The molecule has 1 aromatic carbocycles. The molecule has 3 heterocycles. The van der Waals surface area contributed by atoms with Crippen LogP contribution in [0.2, 0.25) is 0 Å². The summed E-state index contributed by atoms with van der Waals surface area (Å²) < 4.78 is 18.9. The van der Waals surface area contributed by atoms with Crippen LogP contribution in [0.5, 0.6) is 5.75 Å². The molecule has 0 radical (unpaired) electrons. The van der Waals surface area contributed by atoms with Gasteiger partial charge in [0.05, 0.1) is 19.0 Å². The number of ether oxygens (including phenoxy) is 3. The molecule has 0 aliphatic carbocycles. The van der Waals surface area contributed by atoms with Crippen molar-refractivity contribution in [2.45, 2.75) is 25.4 Å². The van der Waals surface area contributed by atoms with E-state index in [1.54, 1.807) is 17.9 Å². The average Bonchev–Trinajstić information content (AvgIpc) is 3.27. The highest BCUT2D eigenvalue weighted by Crippen LogP contribution is 2.36. The lowest BCUT2D eigenvalue weighted by molar-refractivity contribution is -0.0856. The number of rotatable bonds is 7. The fourth-order valence-corrected chi connectivity index (χ4v) is 3.43. The van der Waals surface area contributed by atoms with Gasteiger partial charge in [-0.05, 0) is 12.1 Å². The first-order valence-electron chi connectivity index (χ1n) is 9.35. The maximum atomic E-state index is 10.6. The van der Waals surface area contributed by atoms with Crippen molar-refractivity contribution in [3.05, 3.63) is 36.7 Å². The van der Waals surface area contributed by atoms with Crippen molar-refractivity contribution in [2.75, 3.05) is 31.5 Å². The van der Waals surface area contributed by atoms with Crippen molar-refractivity contribution in [1.29, 1.82) is 0 Å². The molecule has 0 amide bonds. The quantitative estimate of drug-likeness (QED) is 0.398. The van der Waals surface area contributed by atoms with Gasteiger partial charge in [-0.25, -0.2) is 4.98 Å². The molecule has 1 saturated heterocycles. The minimum absolute atomic E-state index is 0.0684. The Kier molecular flexibility index (Phi) is 5.47. The number of nitrogens with two attached hydrogens (primary N) is 1. The molecule has 10 nitrogen and oxygen atoms in total. The number of hydrogen-bond acceptors (Lipinski definition) is 9. The van der Waals surface area contributed by atoms with E-state index in [4.69, 9.17) is 19.9 Å². The van der Waals surface area contributed by atoms with E-state index < -0.39 is 18.4 Å². The highest BCUT2D eigenvalue weighted by atomic mass is 16.7. The Labute approximate surface area is 167 Å². The molecule has 1 aliphatic heterocycles. The van der Waals surface area contributed by atoms with E-state index in [1.165, 1.54) is 0 Å². The molecule has 0 saturated carbocycles. The number of fused-ring (bicyclic) bond motifs is 1. The number of nitrogens with zero attached hydrogens (tertiary/aromatic N) is 4. The molecular weight excluding hydrogens is 376 g/mol. The Morgan fingerprint density at radius 1 is 1.28 bits per heavy atom. The number of nitrogens with one attached hydrogen (secondary N) is 1. The molecule has 0 unspecified atom stereocenters. The Bertz CT molecular complexity index is 966. The molecule has 1 fully saturated rings. The zero-order valence-electron chi connectivity index (χ0n) is 16.2. The first kappa shape index (κ1) is 19.4. The summed E-state index contributed by atoms with van der Waals surface area (Å²) in [6, 6.07) is 9.38. The lowest BCUT2D eigenvalue weighted by Gasteiger charge is -2.17. The number of aromatic nitrogens is 4. The summed E-state index contributed by atoms with van der Waals surface area (Å²) in [5.74, 6) is 1.18. The van der Waals surface area contributed by atoms with Gasteiger partial charge in [0, 0.05) is 13.0 Å². The molecule has 0 spiro atoms. The Hall–Kier alpha value is -2.95. The van der Waals surface area contributed by atoms with Gasteiger partial charge in [0.1, 0.15) is 18.1 Å². The predicted molar refractivity (Wildman–Crippen MR) is 106 cm³/mol. The molecule has 29 heavy (non-hydrogen) atoms. The van der Waals surface area contributed by atoms with Crippen molar-refractivity contribution >= 4 is 22.9 Å². The number of aliphatic hydroxyl groups excluding tert-OH is 1. The van der Waals surface area contributed by atoms with Gasteiger partial charge >= 0.3 is 0 Å². The van der Waals surface area contributed by atoms with Crippen LogP contribution in [0.25, 0.3) is 11.2 Å². The number of imidazole rings is 1. The van der Waals surface area contributed by atoms with Crippen LogP contribution in [0.3, 0.4) is 0 Å². The first-order valence-corrected chi connectivity index (χ1v) is 9.35. The highest BCUT2D eigenvalue weighted by molar-refractivity contribution is 5.84. The second-order valence-electron chi connectivity index (χ2n) is 6.87. The predicted octanol–water partition coefficient (Wildman–Crippen LogP) is 1.40. The molecule has 3 aromatic rings. The number of aliphatic hydroxyl groups is 1. The lowest BCUT2D eigenvalue weighted by atomic mass is 10.0. The third kappa shape index (κ3) is 3.82. The molecule has 4 rings (SSSR count). The van der Waals surface area contributed by atoms with Crippen LogP contribution < -0.4 is 15.8 Å². The fraction of sp³-hybridized carbons (Fsp3) is 0.421. The Morgan fingerprint density at radius 2 is 2.07 bits per heavy atom. The van der Waals surface area contributed by atoms with Crippen LogP contribution >= 0.6 is 0 Å². The van der Waals surface area contributed by atoms with Gasteiger partial charge in [-0.2, -0.15) is 9.97 Å². The van der Waals surface area contributed by atoms with E-state index in [9.17, 15) is 5.11 Å². The van der Waals surface area contributed by atoms with E-state index in [1.807, 2.05) is 37.3 Å². The average molecular weight is 400 g/mol. The zero-order chi connectivity index (χ0) is 20.4. The molecule has 10 heteroatoms. The molecule has 0 bridgehead atoms. The van der Waals surface area contributed by atoms with Crippen LogP contribution in [-0.4, -0.2) is 57.3 Å². The largest absolute Gasteiger partial charge is 0.468 e. The van der Waals surface area contributed by atoms with Crippen molar-refractivity contribution in [3.63, 3.8) is 0 Å². The third-order valence-corrected chi connectivity index (χ3v) is 4.97. The SMILES string of the molecule is CNc1nc(N)nc2c1ncn2[C@@H]1O[C@H](COCOc2ccccc2)[C@@H](O)[C@@H]1C. The zero-order valence-corrected chi connectivity index (χ0v) is 16.2. The van der Waals surface area contributed by atoms with Gasteiger partial charge in [0.2, 0.25) is 5.95 Å². The maximum absolute atomic E-state index is 10.6. The van der Waals surface area contributed by atoms with E-state index in [0.717, 1.165) is 0 Å². The highest BCUT2D eigenvalue weighted by Gasteiger charge is 2.42. The van der Waals surface area contributed by atoms with Crippen LogP contribution in [-0.2, 0) is 9.47 Å². The van der Waals surface area contributed by atoms with Gasteiger partial charge in [-0.1, -0.05) is 25.1 Å². The summed E-state index contributed by atoms with van der Waals surface area (Å²) in [4.78, 5) is 12.8. The van der Waals surface area contributed by atoms with Gasteiger partial charge < -0.3 is 30.4 Å². The summed E-state index contributed by atoms with van der Waals surface area (Å²) in [6.45, 7) is 2.17. The van der Waals surface area contributed by atoms with Crippen molar-refractivity contribution < 1.29 is 19.3 Å². The fourth-order valence-electron chi connectivity index (χ4n) is 3.43. The summed E-state index contributed by atoms with van der Waals surface area (Å²) in [7, 11) is 1.74. The first-order chi connectivity index (χ1) is 14.1. The topological polar surface area (TPSA) is 130 Å². The van der Waals surface area contributed by atoms with Crippen molar-refractivity contribution in [2.24, 2.45) is 5.92 Å². The number of anilines is 2.